The second-order valence-electron chi connectivity index (χ2n) is 4.17. The average molecular weight is 258 g/mol. The normalized spacial score (nSPS) is 11.5. The van der Waals surface area contributed by atoms with Crippen LogP contribution in [0.5, 0.6) is 5.75 Å². The maximum absolute atomic E-state index is 5.71. The van der Waals surface area contributed by atoms with Crippen molar-refractivity contribution in [2.45, 2.75) is 32.9 Å². The molecular weight excluding hydrogens is 242 g/mol. The summed E-state index contributed by atoms with van der Waals surface area (Å²) >= 11 is 3.45. The first-order valence-corrected chi connectivity index (χ1v) is 5.39. The van der Waals surface area contributed by atoms with Crippen molar-refractivity contribution in [3.63, 3.8) is 0 Å². The van der Waals surface area contributed by atoms with E-state index < -0.39 is 0 Å². The van der Waals surface area contributed by atoms with Crippen molar-refractivity contribution in [2.75, 3.05) is 0 Å². The van der Waals surface area contributed by atoms with Gasteiger partial charge >= 0.3 is 0 Å². The number of ether oxygens (including phenoxy) is 1. The van der Waals surface area contributed by atoms with Crippen LogP contribution in [0.2, 0.25) is 0 Å². The largest absolute Gasteiger partial charge is 0.488 e. The summed E-state index contributed by atoms with van der Waals surface area (Å²) in [7, 11) is 0. The zero-order chi connectivity index (χ0) is 10.8. The first-order valence-electron chi connectivity index (χ1n) is 4.60. The van der Waals surface area contributed by atoms with Crippen molar-refractivity contribution in [2.24, 2.45) is 5.73 Å². The number of hydrogen-bond donors (Lipinski definition) is 1. The topological polar surface area (TPSA) is 35.2 Å². The predicted octanol–water partition coefficient (Wildman–Crippen LogP) is 3.09. The highest BCUT2D eigenvalue weighted by molar-refractivity contribution is 9.10. The molecule has 0 aromatic heterocycles. The van der Waals surface area contributed by atoms with E-state index in [0.717, 1.165) is 15.8 Å². The van der Waals surface area contributed by atoms with Gasteiger partial charge in [0.05, 0.1) is 0 Å². The number of nitrogens with two attached hydrogens (primary N) is 1. The summed E-state index contributed by atoms with van der Waals surface area (Å²) in [5.41, 5.74) is 6.48. The lowest BCUT2D eigenvalue weighted by molar-refractivity contribution is 0.131. The molecule has 0 bridgehead atoms. The van der Waals surface area contributed by atoms with Gasteiger partial charge in [0, 0.05) is 11.0 Å². The van der Waals surface area contributed by atoms with Crippen molar-refractivity contribution >= 4 is 15.9 Å². The minimum atomic E-state index is -0.163. The van der Waals surface area contributed by atoms with Crippen LogP contribution in [-0.2, 0) is 6.54 Å². The molecule has 78 valence electrons. The van der Waals surface area contributed by atoms with Gasteiger partial charge in [0.2, 0.25) is 0 Å². The Balaban J connectivity index is 2.87. The van der Waals surface area contributed by atoms with Gasteiger partial charge in [-0.05, 0) is 38.5 Å². The third-order valence-electron chi connectivity index (χ3n) is 1.67. The number of halogens is 1. The third kappa shape index (κ3) is 3.31. The summed E-state index contributed by atoms with van der Waals surface area (Å²) in [6, 6.07) is 5.87. The molecule has 0 amide bonds. The highest BCUT2D eigenvalue weighted by atomic mass is 79.9. The van der Waals surface area contributed by atoms with E-state index in [1.165, 1.54) is 0 Å². The van der Waals surface area contributed by atoms with Crippen molar-refractivity contribution in [1.82, 2.24) is 0 Å². The summed E-state index contributed by atoms with van der Waals surface area (Å²) in [5, 5.41) is 0. The highest BCUT2D eigenvalue weighted by Gasteiger charge is 2.12. The molecule has 0 fully saturated rings. The van der Waals surface area contributed by atoms with E-state index >= 15 is 0 Å². The van der Waals surface area contributed by atoms with Crippen molar-refractivity contribution in [3.8, 4) is 5.75 Å². The van der Waals surface area contributed by atoms with Crippen molar-refractivity contribution < 1.29 is 4.74 Å². The minimum absolute atomic E-state index is 0.163. The average Bonchev–Trinajstić information content (AvgIpc) is 2.01. The van der Waals surface area contributed by atoms with Crippen LogP contribution in [0.3, 0.4) is 0 Å². The second kappa shape index (κ2) is 4.32. The monoisotopic (exact) mass is 257 g/mol. The molecule has 3 heteroatoms. The Morgan fingerprint density at radius 3 is 2.43 bits per heavy atom. The maximum Gasteiger partial charge on any atom is 0.121 e. The Morgan fingerprint density at radius 1 is 1.36 bits per heavy atom. The van der Waals surface area contributed by atoms with Gasteiger partial charge in [-0.25, -0.2) is 0 Å². The van der Waals surface area contributed by atoms with Crippen LogP contribution < -0.4 is 10.5 Å². The Bertz CT molecular complexity index is 318. The molecule has 2 N–H and O–H groups in total. The molecule has 14 heavy (non-hydrogen) atoms. The second-order valence-corrected chi connectivity index (χ2v) is 5.03. The van der Waals surface area contributed by atoms with Gasteiger partial charge in [0.1, 0.15) is 11.4 Å². The summed E-state index contributed by atoms with van der Waals surface area (Å²) in [4.78, 5) is 0. The molecule has 0 atom stereocenters. The van der Waals surface area contributed by atoms with E-state index in [1.54, 1.807) is 0 Å². The van der Waals surface area contributed by atoms with Gasteiger partial charge < -0.3 is 10.5 Å². The lowest BCUT2D eigenvalue weighted by Crippen LogP contribution is -2.22. The summed E-state index contributed by atoms with van der Waals surface area (Å²) < 4.78 is 6.71. The smallest absolute Gasteiger partial charge is 0.121 e. The first kappa shape index (κ1) is 11.5. The minimum Gasteiger partial charge on any atom is -0.488 e. The molecule has 0 heterocycles. The quantitative estimate of drug-likeness (QED) is 0.884. The Hall–Kier alpha value is -0.540. The molecule has 0 unspecified atom stereocenters. The van der Waals surface area contributed by atoms with Crippen molar-refractivity contribution in [3.05, 3.63) is 28.2 Å². The van der Waals surface area contributed by atoms with Gasteiger partial charge in [-0.15, -0.1) is 0 Å². The fourth-order valence-electron chi connectivity index (χ4n) is 1.11. The van der Waals surface area contributed by atoms with Gasteiger partial charge in [0.25, 0.3) is 0 Å². The molecule has 0 spiro atoms. The standard InChI is InChI=1S/C11H16BrNO/c1-11(2,3)14-9-5-4-8(7-13)10(12)6-9/h4-6H,7,13H2,1-3H3. The molecule has 0 radical (unpaired) electrons. The number of benzene rings is 1. The summed E-state index contributed by atoms with van der Waals surface area (Å²) in [6.45, 7) is 6.61. The van der Waals surface area contributed by atoms with Crippen LogP contribution >= 0.6 is 15.9 Å². The maximum atomic E-state index is 5.71. The molecule has 2 nitrogen and oxygen atoms in total. The third-order valence-corrected chi connectivity index (χ3v) is 2.41. The van der Waals surface area contributed by atoms with Crippen LogP contribution in [-0.4, -0.2) is 5.60 Å². The van der Waals surface area contributed by atoms with Crippen LogP contribution in [0.15, 0.2) is 22.7 Å². The fourth-order valence-corrected chi connectivity index (χ4v) is 1.63. The number of rotatable bonds is 2. The SMILES string of the molecule is CC(C)(C)Oc1ccc(CN)c(Br)c1. The Kier molecular flexibility index (Phi) is 3.56. The molecule has 1 rings (SSSR count). The van der Waals surface area contributed by atoms with E-state index in [0.29, 0.717) is 6.54 Å². The van der Waals surface area contributed by atoms with Crippen LogP contribution in [0.1, 0.15) is 26.3 Å². The lowest BCUT2D eigenvalue weighted by Gasteiger charge is -2.21. The molecule has 1 aromatic carbocycles. The van der Waals surface area contributed by atoms with Gasteiger partial charge in [0.15, 0.2) is 0 Å². The van der Waals surface area contributed by atoms with Gasteiger partial charge in [-0.2, -0.15) is 0 Å². The van der Waals surface area contributed by atoms with Crippen LogP contribution in [0.4, 0.5) is 0 Å². The molecule has 0 saturated carbocycles. The van der Waals surface area contributed by atoms with Crippen molar-refractivity contribution in [1.29, 1.82) is 0 Å². The van der Waals surface area contributed by atoms with Crippen LogP contribution in [0, 0.1) is 0 Å². The van der Waals surface area contributed by atoms with Crippen LogP contribution in [0.25, 0.3) is 0 Å². The lowest BCUT2D eigenvalue weighted by atomic mass is 10.2. The van der Waals surface area contributed by atoms with E-state index in [9.17, 15) is 0 Å². The molecule has 0 aliphatic rings. The number of hydrogen-bond acceptors (Lipinski definition) is 2. The molecule has 0 aliphatic heterocycles. The zero-order valence-corrected chi connectivity index (χ0v) is 10.4. The molecule has 0 aliphatic carbocycles. The molecular formula is C11H16BrNO. The summed E-state index contributed by atoms with van der Waals surface area (Å²) in [5.74, 6) is 0.863. The zero-order valence-electron chi connectivity index (χ0n) is 8.80. The fraction of sp³-hybridized carbons (Fsp3) is 0.455. The van der Waals surface area contributed by atoms with Gasteiger partial charge in [-0.3, -0.25) is 0 Å². The van der Waals surface area contributed by atoms with E-state index in [4.69, 9.17) is 10.5 Å². The van der Waals surface area contributed by atoms with E-state index in [1.807, 2.05) is 39.0 Å². The molecule has 1 aromatic rings. The van der Waals surface area contributed by atoms with Gasteiger partial charge in [-0.1, -0.05) is 22.0 Å². The van der Waals surface area contributed by atoms with E-state index in [-0.39, 0.29) is 5.60 Å². The highest BCUT2D eigenvalue weighted by Crippen LogP contribution is 2.25. The first-order chi connectivity index (χ1) is 6.42. The molecule has 0 saturated heterocycles. The Morgan fingerprint density at radius 2 is 2.00 bits per heavy atom. The predicted molar refractivity (Wildman–Crippen MR) is 62.4 cm³/mol. The summed E-state index contributed by atoms with van der Waals surface area (Å²) in [6.07, 6.45) is 0. The Labute approximate surface area is 93.6 Å². The van der Waals surface area contributed by atoms with E-state index in [2.05, 4.69) is 15.9 Å².